The highest BCUT2D eigenvalue weighted by Crippen LogP contribution is 2.28. The van der Waals surface area contributed by atoms with E-state index in [1.165, 1.54) is 17.1 Å². The highest BCUT2D eigenvalue weighted by molar-refractivity contribution is 6.05. The van der Waals surface area contributed by atoms with Gasteiger partial charge in [-0.05, 0) is 42.0 Å². The van der Waals surface area contributed by atoms with Crippen LogP contribution in [0.5, 0.6) is 0 Å². The highest BCUT2D eigenvalue weighted by Gasteiger charge is 2.14. The van der Waals surface area contributed by atoms with Crippen LogP contribution in [0, 0.1) is 11.6 Å². The first-order valence-electron chi connectivity index (χ1n) is 10.0. The number of hydrogen-bond donors (Lipinski definition) is 0. The summed E-state index contributed by atoms with van der Waals surface area (Å²) in [5.41, 5.74) is 3.90. The van der Waals surface area contributed by atoms with Crippen LogP contribution in [0.15, 0.2) is 48.7 Å². The summed E-state index contributed by atoms with van der Waals surface area (Å²) in [5.74, 6) is -0.221. The molecule has 4 nitrogen and oxygen atoms in total. The molecule has 30 heavy (non-hydrogen) atoms. The molecular weight excluding hydrogens is 382 g/mol. The maximum Gasteiger partial charge on any atom is 0.151 e. The third kappa shape index (κ3) is 2.91. The molecule has 0 bridgehead atoms. The Bertz CT molecular complexity index is 1420. The summed E-state index contributed by atoms with van der Waals surface area (Å²) in [6.07, 6.45) is 3.64. The van der Waals surface area contributed by atoms with Crippen molar-refractivity contribution in [2.24, 2.45) is 7.05 Å². The Labute approximate surface area is 172 Å². The fourth-order valence-electron chi connectivity index (χ4n) is 4.09. The first kappa shape index (κ1) is 18.6. The molecule has 0 radical (unpaired) electrons. The van der Waals surface area contributed by atoms with Gasteiger partial charge in [0.25, 0.3) is 0 Å². The molecule has 150 valence electrons. The average molecular weight is 402 g/mol. The number of rotatable bonds is 4. The van der Waals surface area contributed by atoms with Crippen LogP contribution in [0.1, 0.15) is 24.0 Å². The van der Waals surface area contributed by atoms with E-state index in [1.54, 1.807) is 0 Å². The molecule has 5 rings (SSSR count). The average Bonchev–Trinajstić information content (AvgIpc) is 3.10. The van der Waals surface area contributed by atoms with Gasteiger partial charge in [0.05, 0.1) is 16.7 Å². The van der Waals surface area contributed by atoms with Gasteiger partial charge in [-0.15, -0.1) is 0 Å². The Balaban J connectivity index is 1.51. The zero-order valence-corrected chi connectivity index (χ0v) is 16.8. The molecule has 0 N–H and O–H groups in total. The van der Waals surface area contributed by atoms with E-state index < -0.39 is 11.6 Å². The minimum Gasteiger partial charge on any atom is -0.331 e. The molecular formula is C24H20F2N4. The van der Waals surface area contributed by atoms with Crippen LogP contribution in [-0.4, -0.2) is 19.5 Å². The summed E-state index contributed by atoms with van der Waals surface area (Å²) in [5, 5.41) is 2.38. The van der Waals surface area contributed by atoms with Crippen molar-refractivity contribution in [3.05, 3.63) is 77.4 Å². The van der Waals surface area contributed by atoms with Gasteiger partial charge in [0.1, 0.15) is 16.9 Å². The van der Waals surface area contributed by atoms with Crippen LogP contribution >= 0.6 is 0 Å². The Morgan fingerprint density at radius 2 is 1.63 bits per heavy atom. The lowest BCUT2D eigenvalue weighted by Crippen LogP contribution is -2.03. The van der Waals surface area contributed by atoms with Crippen molar-refractivity contribution in [2.45, 2.75) is 26.2 Å². The van der Waals surface area contributed by atoms with Crippen molar-refractivity contribution < 1.29 is 8.78 Å². The number of hydrogen-bond acceptors (Lipinski definition) is 3. The molecule has 2 heterocycles. The summed E-state index contributed by atoms with van der Waals surface area (Å²) in [6, 6.07) is 12.8. The van der Waals surface area contributed by atoms with Crippen molar-refractivity contribution >= 4 is 32.8 Å². The zero-order chi connectivity index (χ0) is 20.8. The van der Waals surface area contributed by atoms with E-state index in [9.17, 15) is 8.78 Å². The van der Waals surface area contributed by atoms with E-state index in [4.69, 9.17) is 4.98 Å². The number of aromatic nitrogens is 4. The molecule has 0 saturated heterocycles. The van der Waals surface area contributed by atoms with E-state index in [2.05, 4.69) is 51.8 Å². The maximum absolute atomic E-state index is 14.0. The van der Waals surface area contributed by atoms with Crippen LogP contribution in [-0.2, 0) is 26.3 Å². The minimum atomic E-state index is -0.570. The Morgan fingerprint density at radius 1 is 0.833 bits per heavy atom. The third-order valence-corrected chi connectivity index (χ3v) is 5.73. The number of fused-ring (bicyclic) bond motifs is 4. The zero-order valence-electron chi connectivity index (χ0n) is 16.8. The first-order chi connectivity index (χ1) is 14.6. The lowest BCUT2D eigenvalue weighted by atomic mass is 10.0. The van der Waals surface area contributed by atoms with Gasteiger partial charge in [-0.25, -0.2) is 23.7 Å². The number of benzene rings is 3. The smallest absolute Gasteiger partial charge is 0.151 e. The van der Waals surface area contributed by atoms with Gasteiger partial charge >= 0.3 is 0 Å². The number of imidazole rings is 1. The van der Waals surface area contributed by atoms with E-state index in [0.717, 1.165) is 40.8 Å². The van der Waals surface area contributed by atoms with Gasteiger partial charge in [-0.1, -0.05) is 31.2 Å². The van der Waals surface area contributed by atoms with Gasteiger partial charge in [-0.2, -0.15) is 0 Å². The summed E-state index contributed by atoms with van der Waals surface area (Å²) in [4.78, 5) is 13.3. The number of aryl methyl sites for hydroxylation is 4. The van der Waals surface area contributed by atoms with Gasteiger partial charge in [-0.3, -0.25) is 0 Å². The molecule has 5 aromatic rings. The quantitative estimate of drug-likeness (QED) is 0.410. The summed E-state index contributed by atoms with van der Waals surface area (Å²) < 4.78 is 29.9. The summed E-state index contributed by atoms with van der Waals surface area (Å²) in [7, 11) is 2.00. The Kier molecular flexibility index (Phi) is 4.42. The van der Waals surface area contributed by atoms with Gasteiger partial charge < -0.3 is 4.57 Å². The topological polar surface area (TPSA) is 43.6 Å². The van der Waals surface area contributed by atoms with Crippen LogP contribution in [0.2, 0.25) is 0 Å². The van der Waals surface area contributed by atoms with Crippen molar-refractivity contribution in [3.63, 3.8) is 0 Å². The van der Waals surface area contributed by atoms with E-state index in [0.29, 0.717) is 18.5 Å². The molecule has 0 unspecified atom stereocenters. The molecule has 2 aromatic heterocycles. The fraction of sp³-hybridized carbons (Fsp3) is 0.208. The largest absolute Gasteiger partial charge is 0.331 e. The fourth-order valence-corrected chi connectivity index (χ4v) is 4.09. The van der Waals surface area contributed by atoms with Gasteiger partial charge in [0.2, 0.25) is 0 Å². The summed E-state index contributed by atoms with van der Waals surface area (Å²) >= 11 is 0. The molecule has 0 atom stereocenters. The monoisotopic (exact) mass is 402 g/mol. The molecule has 0 saturated carbocycles. The SMILES string of the molecule is CCc1cccc2c1ccc1c2nc(CCc2cnc3c(F)ccc(F)c3n2)n1C. The second-order valence-corrected chi connectivity index (χ2v) is 7.47. The third-order valence-electron chi connectivity index (χ3n) is 5.73. The highest BCUT2D eigenvalue weighted by atomic mass is 19.1. The van der Waals surface area contributed by atoms with E-state index >= 15 is 0 Å². The Morgan fingerprint density at radius 3 is 2.43 bits per heavy atom. The van der Waals surface area contributed by atoms with Crippen LogP contribution in [0.25, 0.3) is 32.8 Å². The van der Waals surface area contributed by atoms with Gasteiger partial charge in [0.15, 0.2) is 11.6 Å². The lowest BCUT2D eigenvalue weighted by molar-refractivity contribution is 0.611. The van der Waals surface area contributed by atoms with Gasteiger partial charge in [0, 0.05) is 25.1 Å². The first-order valence-corrected chi connectivity index (χ1v) is 10.0. The Hall–Kier alpha value is -3.41. The van der Waals surface area contributed by atoms with E-state index in [-0.39, 0.29) is 11.0 Å². The molecule has 0 amide bonds. The van der Waals surface area contributed by atoms with Crippen LogP contribution in [0.3, 0.4) is 0 Å². The predicted octanol–water partition coefficient (Wildman–Crippen LogP) is 5.30. The van der Waals surface area contributed by atoms with E-state index in [1.807, 2.05) is 7.05 Å². The van der Waals surface area contributed by atoms with Crippen molar-refractivity contribution in [1.29, 1.82) is 0 Å². The number of halogens is 2. The molecule has 6 heteroatoms. The second kappa shape index (κ2) is 7.13. The van der Waals surface area contributed by atoms with Crippen molar-refractivity contribution in [2.75, 3.05) is 0 Å². The summed E-state index contributed by atoms with van der Waals surface area (Å²) in [6.45, 7) is 2.15. The van der Waals surface area contributed by atoms with Crippen molar-refractivity contribution in [1.82, 2.24) is 19.5 Å². The molecule has 3 aromatic carbocycles. The minimum absolute atomic E-state index is 0.0319. The normalized spacial score (nSPS) is 11.7. The molecule has 0 aliphatic carbocycles. The number of nitrogens with zero attached hydrogens (tertiary/aromatic N) is 4. The second-order valence-electron chi connectivity index (χ2n) is 7.47. The lowest BCUT2D eigenvalue weighted by Gasteiger charge is -2.05. The molecule has 0 spiro atoms. The van der Waals surface area contributed by atoms with Crippen LogP contribution in [0.4, 0.5) is 8.78 Å². The predicted molar refractivity (Wildman–Crippen MR) is 114 cm³/mol. The molecule has 0 aliphatic rings. The standard InChI is InChI=1S/C24H20F2N4/c1-3-14-5-4-6-17-16(14)8-11-20-22(17)29-21(30(20)2)12-7-15-13-27-23-18(25)9-10-19(26)24(23)28-15/h4-6,8-11,13H,3,7,12H2,1-2H3. The maximum atomic E-state index is 14.0. The van der Waals surface area contributed by atoms with Crippen molar-refractivity contribution in [3.8, 4) is 0 Å². The molecule has 0 fully saturated rings. The van der Waals surface area contributed by atoms with Crippen LogP contribution < -0.4 is 0 Å². The molecule has 0 aliphatic heterocycles.